The zero-order valence-corrected chi connectivity index (χ0v) is 23.5. The highest BCUT2D eigenvalue weighted by atomic mass is 16.5. The first-order valence-corrected chi connectivity index (χ1v) is 12.8. The smallest absolute Gasteiger partial charge is 0.237 e. The van der Waals surface area contributed by atoms with E-state index < -0.39 is 0 Å². The predicted molar refractivity (Wildman–Crippen MR) is 148 cm³/mol. The lowest BCUT2D eigenvalue weighted by molar-refractivity contribution is -0.133. The average molecular weight is 534 g/mol. The molecule has 2 bridgehead atoms. The molecule has 4 aromatic rings. The van der Waals surface area contributed by atoms with Crippen LogP contribution in [-0.4, -0.2) is 90.8 Å². The molecule has 0 radical (unpaired) electrons. The summed E-state index contributed by atoms with van der Waals surface area (Å²) < 4.78 is 15.5. The monoisotopic (exact) mass is 533 g/mol. The number of aromatic nitrogens is 7. The van der Waals surface area contributed by atoms with Crippen LogP contribution in [0.4, 0.5) is 0 Å². The summed E-state index contributed by atoms with van der Waals surface area (Å²) in [6, 6.07) is 2.01. The van der Waals surface area contributed by atoms with Crippen molar-refractivity contribution in [3.63, 3.8) is 0 Å². The largest absolute Gasteiger partial charge is 0.472 e. The maximum absolute atomic E-state index is 13.4. The summed E-state index contributed by atoms with van der Waals surface area (Å²) in [6.07, 6.45) is 5.47. The number of ether oxygens (including phenoxy) is 2. The maximum Gasteiger partial charge on any atom is 0.237 e. The van der Waals surface area contributed by atoms with E-state index in [-0.39, 0.29) is 18.6 Å². The fourth-order valence-electron chi connectivity index (χ4n) is 4.97. The number of fused-ring (bicyclic) bond motifs is 4. The Balaban J connectivity index is 1.71. The van der Waals surface area contributed by atoms with Gasteiger partial charge in [-0.2, -0.15) is 15.3 Å². The molecule has 0 saturated carbocycles. The van der Waals surface area contributed by atoms with E-state index in [1.165, 1.54) is 0 Å². The van der Waals surface area contributed by atoms with Gasteiger partial charge in [0.1, 0.15) is 17.3 Å². The predicted octanol–water partition coefficient (Wildman–Crippen LogP) is 2.39. The molecule has 1 aliphatic heterocycles. The van der Waals surface area contributed by atoms with Gasteiger partial charge in [-0.1, -0.05) is 0 Å². The number of likely N-dealkylation sites (N-methyl/N-ethyl adjacent to an activating group) is 1. The van der Waals surface area contributed by atoms with Gasteiger partial charge in [-0.3, -0.25) is 19.6 Å². The number of nitrogens with zero attached hydrogens (tertiary/aromatic N) is 8. The van der Waals surface area contributed by atoms with E-state index in [1.807, 2.05) is 80.9 Å². The molecule has 0 fully saturated rings. The van der Waals surface area contributed by atoms with E-state index in [0.717, 1.165) is 50.5 Å². The second kappa shape index (κ2) is 10.6. The fourth-order valence-corrected chi connectivity index (χ4v) is 4.97. The summed E-state index contributed by atoms with van der Waals surface area (Å²) in [6.45, 7) is 5.24. The van der Waals surface area contributed by atoms with E-state index in [0.29, 0.717) is 25.6 Å². The van der Waals surface area contributed by atoms with Gasteiger partial charge >= 0.3 is 0 Å². The fraction of sp³-hybridized carbons (Fsp3) is 0.444. The van der Waals surface area contributed by atoms with Gasteiger partial charge in [0.15, 0.2) is 0 Å². The number of aromatic amines is 1. The average Bonchev–Trinajstić information content (AvgIpc) is 3.52. The number of hydrogen-bond acceptors (Lipinski definition) is 8. The van der Waals surface area contributed by atoms with Gasteiger partial charge in [-0.25, -0.2) is 4.68 Å². The van der Waals surface area contributed by atoms with Crippen LogP contribution >= 0.6 is 0 Å². The first-order valence-electron chi connectivity index (χ1n) is 12.8. The molecule has 0 saturated heterocycles. The molecule has 1 N–H and O–H groups in total. The number of hydrogen-bond donors (Lipinski definition) is 1. The van der Waals surface area contributed by atoms with Crippen molar-refractivity contribution in [1.82, 2.24) is 44.5 Å². The minimum Gasteiger partial charge on any atom is -0.472 e. The molecule has 5 rings (SSSR count). The van der Waals surface area contributed by atoms with Crippen molar-refractivity contribution in [2.45, 2.75) is 33.1 Å². The van der Waals surface area contributed by atoms with E-state index in [9.17, 15) is 4.79 Å². The number of carbonyl (C=O) groups excluding carboxylic acids is 1. The SMILES string of the molecule is COCc1nn(C)c2c1-c1cc3c([nH]nc3c(C)n1)/C=C/c1cnn(C)c1CN(C(=O)CN(C)C)C[C@H](C)O2. The number of aryl methyl sites for hydroxylation is 3. The highest BCUT2D eigenvalue weighted by molar-refractivity contribution is 5.93. The van der Waals surface area contributed by atoms with Crippen molar-refractivity contribution in [1.29, 1.82) is 0 Å². The molecule has 0 aromatic carbocycles. The van der Waals surface area contributed by atoms with Crippen molar-refractivity contribution in [2.24, 2.45) is 14.1 Å². The molecule has 4 aromatic heterocycles. The number of pyridine rings is 1. The number of H-pyrrole nitrogens is 1. The van der Waals surface area contributed by atoms with Crippen LogP contribution in [-0.2, 0) is 36.8 Å². The summed E-state index contributed by atoms with van der Waals surface area (Å²) in [5, 5.41) is 17.8. The summed E-state index contributed by atoms with van der Waals surface area (Å²) >= 11 is 0. The van der Waals surface area contributed by atoms with Crippen molar-refractivity contribution in [3.05, 3.63) is 40.6 Å². The van der Waals surface area contributed by atoms with Crippen LogP contribution in [0.5, 0.6) is 5.88 Å². The van der Waals surface area contributed by atoms with Gasteiger partial charge in [0.05, 0.1) is 60.8 Å². The first kappa shape index (κ1) is 26.6. The number of carbonyl (C=O) groups is 1. The molecule has 1 atom stereocenters. The normalized spacial score (nSPS) is 16.6. The highest BCUT2D eigenvalue weighted by Crippen LogP contribution is 2.36. The van der Waals surface area contributed by atoms with Gasteiger partial charge in [-0.05, 0) is 46.2 Å². The molecule has 1 aliphatic rings. The van der Waals surface area contributed by atoms with Crippen LogP contribution in [0.1, 0.15) is 35.3 Å². The van der Waals surface area contributed by atoms with Crippen molar-refractivity contribution in [3.8, 4) is 17.1 Å². The van der Waals surface area contributed by atoms with E-state index in [4.69, 9.17) is 19.6 Å². The van der Waals surface area contributed by atoms with Crippen molar-refractivity contribution < 1.29 is 14.3 Å². The Hall–Kier alpha value is -4.03. The van der Waals surface area contributed by atoms with E-state index in [1.54, 1.807) is 11.8 Å². The lowest BCUT2D eigenvalue weighted by atomic mass is 10.1. The van der Waals surface area contributed by atoms with E-state index in [2.05, 4.69) is 15.3 Å². The zero-order valence-electron chi connectivity index (χ0n) is 23.5. The molecule has 5 heterocycles. The van der Waals surface area contributed by atoms with Gasteiger partial charge in [0, 0.05) is 32.2 Å². The Bertz CT molecular complexity index is 1550. The topological polar surface area (TPSA) is 119 Å². The lowest BCUT2D eigenvalue weighted by Gasteiger charge is -2.28. The van der Waals surface area contributed by atoms with E-state index >= 15 is 0 Å². The Morgan fingerprint density at radius 2 is 2.05 bits per heavy atom. The summed E-state index contributed by atoms with van der Waals surface area (Å²) in [4.78, 5) is 21.9. The van der Waals surface area contributed by atoms with Crippen LogP contribution in [0, 0.1) is 6.92 Å². The standard InChI is InChI=1S/C27H35N9O3/c1-16-12-36(24(37)14-33(3)4)13-23-18(11-28-34(23)5)8-9-20-19-10-21(29-17(2)26(19)31-30-20)25-22(15-38-7)32-35(6)27(25)39-16/h8-11,16H,12-15H2,1-7H3,(H,30,31)/b9-8+/t16-/m0/s1. The number of methoxy groups -OCH3 is 1. The van der Waals surface area contributed by atoms with Gasteiger partial charge in [0.2, 0.25) is 11.8 Å². The minimum atomic E-state index is -0.340. The van der Waals surface area contributed by atoms with Gasteiger partial charge in [-0.15, -0.1) is 0 Å². The number of amides is 1. The Labute approximate surface area is 227 Å². The molecule has 1 amide bonds. The molecule has 39 heavy (non-hydrogen) atoms. The van der Waals surface area contributed by atoms with Crippen molar-refractivity contribution >= 4 is 29.0 Å². The summed E-state index contributed by atoms with van der Waals surface area (Å²) in [5.74, 6) is 0.568. The minimum absolute atomic E-state index is 0.000389. The van der Waals surface area contributed by atoms with Crippen molar-refractivity contribution in [2.75, 3.05) is 34.3 Å². The quantitative estimate of drug-likeness (QED) is 0.425. The number of nitrogens with one attached hydrogen (secondary N) is 1. The third-order valence-electron chi connectivity index (χ3n) is 6.81. The van der Waals surface area contributed by atoms with Gasteiger partial charge in [0.25, 0.3) is 0 Å². The third-order valence-corrected chi connectivity index (χ3v) is 6.81. The van der Waals surface area contributed by atoms with Crippen LogP contribution in [0.25, 0.3) is 34.3 Å². The van der Waals surface area contributed by atoms with Crippen LogP contribution < -0.4 is 4.74 Å². The maximum atomic E-state index is 13.4. The Kier molecular flexibility index (Phi) is 7.23. The van der Waals surface area contributed by atoms with Crippen LogP contribution in [0.15, 0.2) is 12.3 Å². The second-order valence-corrected chi connectivity index (χ2v) is 10.3. The molecule has 12 nitrogen and oxygen atoms in total. The summed E-state index contributed by atoms with van der Waals surface area (Å²) in [7, 11) is 9.14. The van der Waals surface area contributed by atoms with Crippen LogP contribution in [0.2, 0.25) is 0 Å². The third kappa shape index (κ3) is 5.17. The molecule has 0 aliphatic carbocycles. The first-order chi connectivity index (χ1) is 18.7. The van der Waals surface area contributed by atoms with Crippen LogP contribution in [0.3, 0.4) is 0 Å². The molecule has 0 spiro atoms. The Morgan fingerprint density at radius 3 is 2.79 bits per heavy atom. The molecule has 12 heteroatoms. The zero-order chi connectivity index (χ0) is 27.8. The molecule has 206 valence electrons. The molecule has 0 unspecified atom stereocenters. The van der Waals surface area contributed by atoms with Gasteiger partial charge < -0.3 is 19.3 Å². The second-order valence-electron chi connectivity index (χ2n) is 10.3. The molecular formula is C27H35N9O3. The summed E-state index contributed by atoms with van der Waals surface area (Å²) in [5.41, 5.74) is 6.47. The molecular weight excluding hydrogens is 498 g/mol. The Morgan fingerprint density at radius 1 is 1.26 bits per heavy atom. The number of rotatable bonds is 4. The highest BCUT2D eigenvalue weighted by Gasteiger charge is 2.27. The lowest BCUT2D eigenvalue weighted by Crippen LogP contribution is -2.42.